The summed E-state index contributed by atoms with van der Waals surface area (Å²) in [6, 6.07) is 9.28. The van der Waals surface area contributed by atoms with Crippen molar-refractivity contribution in [3.05, 3.63) is 57.1 Å². The van der Waals surface area contributed by atoms with E-state index >= 15 is 0 Å². The second kappa shape index (κ2) is 7.95. The van der Waals surface area contributed by atoms with Crippen LogP contribution in [0.2, 0.25) is 0 Å². The lowest BCUT2D eigenvalue weighted by Crippen LogP contribution is -2.31. The number of nitrogens with two attached hydrogens (primary N) is 1. The van der Waals surface area contributed by atoms with Crippen molar-refractivity contribution in [2.45, 2.75) is 11.4 Å². The topological polar surface area (TPSA) is 118 Å². The number of thiophene rings is 1. The van der Waals surface area contributed by atoms with Crippen LogP contribution < -0.4 is 5.14 Å². The molecule has 0 atom stereocenters. The van der Waals surface area contributed by atoms with Crippen LogP contribution in [0, 0.1) is 0 Å². The molecular weight excluding hydrogens is 408 g/mol. The summed E-state index contributed by atoms with van der Waals surface area (Å²) in [4.78, 5) is 27.8. The van der Waals surface area contributed by atoms with Gasteiger partial charge in [-0.2, -0.15) is 0 Å². The maximum atomic E-state index is 12.9. The standard InChI is InChI=1S/C17H16N2O5S3/c18-27(23,24)12-5-3-11(4-6-12)10-19-16(21)14(13-2-1-8-25-13)15(17(19)22)26-9-7-20/h1-6,8,20H,7,9-10H2,(H2,18,23,24). The number of aliphatic hydroxyl groups excluding tert-OH is 1. The van der Waals surface area contributed by atoms with Crippen LogP contribution in [0.25, 0.3) is 5.57 Å². The van der Waals surface area contributed by atoms with Gasteiger partial charge in [0.05, 0.1) is 28.5 Å². The number of carbonyl (C=O) groups excluding carboxylic acids is 2. The van der Waals surface area contributed by atoms with Crippen molar-refractivity contribution in [1.29, 1.82) is 0 Å². The van der Waals surface area contributed by atoms with Gasteiger partial charge in [-0.15, -0.1) is 23.1 Å². The first-order chi connectivity index (χ1) is 12.8. The smallest absolute Gasteiger partial charge is 0.268 e. The Morgan fingerprint density at radius 2 is 1.81 bits per heavy atom. The highest BCUT2D eigenvalue weighted by Crippen LogP contribution is 2.38. The minimum atomic E-state index is -3.81. The summed E-state index contributed by atoms with van der Waals surface area (Å²) >= 11 is 2.51. The van der Waals surface area contributed by atoms with Crippen molar-refractivity contribution in [3.8, 4) is 0 Å². The van der Waals surface area contributed by atoms with Crippen molar-refractivity contribution in [3.63, 3.8) is 0 Å². The molecule has 3 N–H and O–H groups in total. The summed E-state index contributed by atoms with van der Waals surface area (Å²) < 4.78 is 22.7. The summed E-state index contributed by atoms with van der Waals surface area (Å²) in [5, 5.41) is 16.0. The van der Waals surface area contributed by atoms with Gasteiger partial charge in [-0.3, -0.25) is 14.5 Å². The van der Waals surface area contributed by atoms with Crippen molar-refractivity contribution in [2.24, 2.45) is 5.14 Å². The second-order valence-electron chi connectivity index (χ2n) is 5.64. The normalized spacial score (nSPS) is 15.1. The average Bonchev–Trinajstić information content (AvgIpc) is 3.22. The van der Waals surface area contributed by atoms with Crippen molar-refractivity contribution in [2.75, 3.05) is 12.4 Å². The van der Waals surface area contributed by atoms with E-state index in [-0.39, 0.29) is 18.0 Å². The van der Waals surface area contributed by atoms with Gasteiger partial charge in [0.15, 0.2) is 0 Å². The van der Waals surface area contributed by atoms with Gasteiger partial charge in [-0.25, -0.2) is 13.6 Å². The molecule has 1 aliphatic rings. The Morgan fingerprint density at radius 3 is 2.37 bits per heavy atom. The van der Waals surface area contributed by atoms with Gasteiger partial charge < -0.3 is 5.11 Å². The second-order valence-corrected chi connectivity index (χ2v) is 9.25. The molecule has 1 aliphatic heterocycles. The Labute approximate surface area is 164 Å². The number of rotatable bonds is 7. The van der Waals surface area contributed by atoms with E-state index in [1.54, 1.807) is 12.1 Å². The van der Waals surface area contributed by atoms with Crippen LogP contribution in [0.4, 0.5) is 0 Å². The first-order valence-electron chi connectivity index (χ1n) is 7.82. The number of benzene rings is 1. The van der Waals surface area contributed by atoms with Gasteiger partial charge in [0.2, 0.25) is 10.0 Å². The number of hydrogen-bond acceptors (Lipinski definition) is 7. The Morgan fingerprint density at radius 1 is 1.11 bits per heavy atom. The number of thioether (sulfide) groups is 1. The van der Waals surface area contributed by atoms with Crippen molar-refractivity contribution < 1.29 is 23.1 Å². The predicted molar refractivity (Wildman–Crippen MR) is 104 cm³/mol. The number of primary sulfonamides is 1. The van der Waals surface area contributed by atoms with E-state index in [0.717, 1.165) is 16.7 Å². The number of hydrogen-bond donors (Lipinski definition) is 2. The van der Waals surface area contributed by atoms with Crippen molar-refractivity contribution >= 4 is 50.5 Å². The molecule has 27 heavy (non-hydrogen) atoms. The van der Waals surface area contributed by atoms with Crippen LogP contribution in [-0.4, -0.2) is 42.6 Å². The molecule has 10 heteroatoms. The third-order valence-corrected chi connectivity index (χ3v) is 6.69. The van der Waals surface area contributed by atoms with Crippen LogP contribution in [0.5, 0.6) is 0 Å². The van der Waals surface area contributed by atoms with E-state index in [2.05, 4.69) is 0 Å². The fourth-order valence-corrected chi connectivity index (χ4v) is 4.80. The highest BCUT2D eigenvalue weighted by molar-refractivity contribution is 8.04. The molecule has 1 aromatic heterocycles. The summed E-state index contributed by atoms with van der Waals surface area (Å²) in [6.45, 7) is -0.0942. The van der Waals surface area contributed by atoms with Gasteiger partial charge in [-0.1, -0.05) is 18.2 Å². The number of carbonyl (C=O) groups is 2. The molecule has 0 saturated carbocycles. The monoisotopic (exact) mass is 424 g/mol. The fourth-order valence-electron chi connectivity index (χ4n) is 2.58. The van der Waals surface area contributed by atoms with E-state index in [0.29, 0.717) is 26.7 Å². The maximum absolute atomic E-state index is 12.9. The molecule has 2 aromatic rings. The summed E-state index contributed by atoms with van der Waals surface area (Å²) in [5.41, 5.74) is 0.942. The van der Waals surface area contributed by atoms with E-state index in [1.807, 2.05) is 5.38 Å². The summed E-state index contributed by atoms with van der Waals surface area (Å²) in [5.74, 6) is -0.518. The van der Waals surface area contributed by atoms with E-state index < -0.39 is 21.8 Å². The zero-order chi connectivity index (χ0) is 19.6. The zero-order valence-electron chi connectivity index (χ0n) is 14.0. The van der Waals surface area contributed by atoms with Crippen LogP contribution >= 0.6 is 23.1 Å². The molecule has 0 bridgehead atoms. The summed E-state index contributed by atoms with van der Waals surface area (Å²) in [7, 11) is -3.81. The largest absolute Gasteiger partial charge is 0.396 e. The number of aliphatic hydroxyl groups is 1. The average molecular weight is 425 g/mol. The molecule has 0 spiro atoms. The highest BCUT2D eigenvalue weighted by Gasteiger charge is 2.39. The number of nitrogens with zero attached hydrogens (tertiary/aromatic N) is 1. The molecule has 2 amide bonds. The maximum Gasteiger partial charge on any atom is 0.268 e. The van der Waals surface area contributed by atoms with Gasteiger partial charge in [-0.05, 0) is 29.1 Å². The fraction of sp³-hybridized carbons (Fsp3) is 0.176. The first kappa shape index (κ1) is 19.8. The number of imide groups is 1. The number of sulfonamides is 1. The lowest BCUT2D eigenvalue weighted by molar-refractivity contribution is -0.137. The molecule has 2 heterocycles. The Bertz CT molecular complexity index is 996. The first-order valence-corrected chi connectivity index (χ1v) is 11.2. The molecule has 0 radical (unpaired) electrons. The third-order valence-electron chi connectivity index (χ3n) is 3.82. The SMILES string of the molecule is NS(=O)(=O)c1ccc(CN2C(=O)C(SCCO)=C(c3cccs3)C2=O)cc1. The molecule has 0 saturated heterocycles. The molecule has 142 valence electrons. The third kappa shape index (κ3) is 4.14. The lowest BCUT2D eigenvalue weighted by atomic mass is 10.2. The molecule has 0 unspecified atom stereocenters. The molecule has 7 nitrogen and oxygen atoms in total. The van der Waals surface area contributed by atoms with Gasteiger partial charge in [0.1, 0.15) is 0 Å². The van der Waals surface area contributed by atoms with Gasteiger partial charge in [0.25, 0.3) is 11.8 Å². The quantitative estimate of drug-likeness (QED) is 0.649. The number of amides is 2. The van der Waals surface area contributed by atoms with E-state index in [1.165, 1.54) is 35.6 Å². The zero-order valence-corrected chi connectivity index (χ0v) is 16.4. The van der Waals surface area contributed by atoms with Crippen LogP contribution in [-0.2, 0) is 26.2 Å². The Hall–Kier alpha value is -1.98. The van der Waals surface area contributed by atoms with Crippen LogP contribution in [0.1, 0.15) is 10.4 Å². The van der Waals surface area contributed by atoms with E-state index in [4.69, 9.17) is 10.2 Å². The predicted octanol–water partition coefficient (Wildman–Crippen LogP) is 1.40. The molecule has 3 rings (SSSR count). The molecular formula is C17H16N2O5S3. The van der Waals surface area contributed by atoms with Gasteiger partial charge in [0, 0.05) is 10.6 Å². The highest BCUT2D eigenvalue weighted by atomic mass is 32.2. The molecule has 1 aromatic carbocycles. The molecule has 0 aliphatic carbocycles. The van der Waals surface area contributed by atoms with E-state index in [9.17, 15) is 18.0 Å². The van der Waals surface area contributed by atoms with Crippen LogP contribution in [0.3, 0.4) is 0 Å². The van der Waals surface area contributed by atoms with Crippen LogP contribution in [0.15, 0.2) is 51.6 Å². The lowest BCUT2D eigenvalue weighted by Gasteiger charge is -2.15. The Balaban J connectivity index is 1.88. The minimum absolute atomic E-state index is 0.0145. The molecule has 0 fully saturated rings. The van der Waals surface area contributed by atoms with Crippen molar-refractivity contribution in [1.82, 2.24) is 4.90 Å². The van der Waals surface area contributed by atoms with Gasteiger partial charge >= 0.3 is 0 Å². The minimum Gasteiger partial charge on any atom is -0.396 e. The Kier molecular flexibility index (Phi) is 5.82. The summed E-state index contributed by atoms with van der Waals surface area (Å²) in [6.07, 6.45) is 0.